The highest BCUT2D eigenvalue weighted by Gasteiger charge is 2.31. The molecule has 6 nitrogen and oxygen atoms in total. The number of carbonyl (C=O) groups excluding carboxylic acids is 2. The molecule has 0 bridgehead atoms. The van der Waals surface area contributed by atoms with Crippen molar-refractivity contribution in [3.63, 3.8) is 0 Å². The second-order valence-electron chi connectivity index (χ2n) is 7.33. The maximum atomic E-state index is 13.0. The molecule has 2 aromatic rings. The average molecular weight is 396 g/mol. The van der Waals surface area contributed by atoms with E-state index in [9.17, 15) is 9.59 Å². The Labute approximate surface area is 172 Å². The van der Waals surface area contributed by atoms with E-state index in [1.807, 2.05) is 48.2 Å². The molecule has 0 N–H and O–H groups in total. The summed E-state index contributed by atoms with van der Waals surface area (Å²) < 4.78 is 10.6. The Bertz CT molecular complexity index is 896. The van der Waals surface area contributed by atoms with Crippen molar-refractivity contribution >= 4 is 17.5 Å². The minimum atomic E-state index is -0.112. The molecule has 6 heteroatoms. The van der Waals surface area contributed by atoms with Crippen LogP contribution in [-0.4, -0.2) is 50.1 Å². The van der Waals surface area contributed by atoms with Gasteiger partial charge in [-0.15, -0.1) is 0 Å². The molecule has 0 spiro atoms. The lowest BCUT2D eigenvalue weighted by Crippen LogP contribution is -2.45. The van der Waals surface area contributed by atoms with Gasteiger partial charge in [0.15, 0.2) is 11.5 Å². The van der Waals surface area contributed by atoms with E-state index in [1.54, 1.807) is 19.1 Å². The van der Waals surface area contributed by atoms with Crippen LogP contribution < -0.4 is 14.4 Å². The minimum Gasteiger partial charge on any atom is -0.493 e. The molecule has 0 aromatic heterocycles. The molecule has 1 unspecified atom stereocenters. The van der Waals surface area contributed by atoms with Gasteiger partial charge in [0.1, 0.15) is 6.54 Å². The summed E-state index contributed by atoms with van der Waals surface area (Å²) in [6, 6.07) is 13.7. The molecular weight excluding hydrogens is 368 g/mol. The normalized spacial score (nSPS) is 15.0. The number of benzene rings is 2. The Morgan fingerprint density at radius 1 is 1.10 bits per heavy atom. The van der Waals surface area contributed by atoms with Gasteiger partial charge in [0.2, 0.25) is 11.8 Å². The third-order valence-electron chi connectivity index (χ3n) is 5.37. The Morgan fingerprint density at radius 3 is 2.52 bits per heavy atom. The second kappa shape index (κ2) is 8.99. The van der Waals surface area contributed by atoms with Crippen molar-refractivity contribution in [1.82, 2.24) is 4.90 Å². The molecule has 0 saturated carbocycles. The highest BCUT2D eigenvalue weighted by molar-refractivity contribution is 5.98. The molecule has 154 valence electrons. The zero-order valence-corrected chi connectivity index (χ0v) is 17.5. The SMILES string of the molecule is COc1ccc(CCN(CC(=O)N2c3ccccc3CC2C)C(C)=O)cc1OC. The molecule has 0 fully saturated rings. The number of rotatable bonds is 7. The number of nitrogens with zero attached hydrogens (tertiary/aromatic N) is 2. The molecule has 1 aliphatic heterocycles. The van der Waals surface area contributed by atoms with E-state index in [4.69, 9.17) is 9.47 Å². The van der Waals surface area contributed by atoms with Crippen LogP contribution in [0.15, 0.2) is 42.5 Å². The molecule has 2 amide bonds. The number of hydrogen-bond donors (Lipinski definition) is 0. The summed E-state index contributed by atoms with van der Waals surface area (Å²) >= 11 is 0. The molecule has 3 rings (SSSR count). The lowest BCUT2D eigenvalue weighted by atomic mass is 10.1. The number of para-hydroxylation sites is 1. The summed E-state index contributed by atoms with van der Waals surface area (Å²) in [5.74, 6) is 1.15. The molecule has 0 saturated heterocycles. The van der Waals surface area contributed by atoms with E-state index in [-0.39, 0.29) is 24.4 Å². The maximum Gasteiger partial charge on any atom is 0.246 e. The quantitative estimate of drug-likeness (QED) is 0.722. The molecule has 0 aliphatic carbocycles. The number of methoxy groups -OCH3 is 2. The molecule has 1 atom stereocenters. The molecule has 29 heavy (non-hydrogen) atoms. The Morgan fingerprint density at radius 2 is 1.83 bits per heavy atom. The summed E-state index contributed by atoms with van der Waals surface area (Å²) in [7, 11) is 3.19. The zero-order chi connectivity index (χ0) is 21.0. The minimum absolute atomic E-state index is 0.0510. The second-order valence-corrected chi connectivity index (χ2v) is 7.33. The van der Waals surface area contributed by atoms with Crippen LogP contribution in [0.5, 0.6) is 11.5 Å². The summed E-state index contributed by atoms with van der Waals surface area (Å²) in [6.45, 7) is 4.07. The van der Waals surface area contributed by atoms with E-state index in [1.165, 1.54) is 12.5 Å². The zero-order valence-electron chi connectivity index (χ0n) is 17.5. The van der Waals surface area contributed by atoms with Crippen molar-refractivity contribution in [2.45, 2.75) is 32.7 Å². The van der Waals surface area contributed by atoms with E-state index in [0.717, 1.165) is 17.7 Å². The van der Waals surface area contributed by atoms with Gasteiger partial charge in [-0.3, -0.25) is 9.59 Å². The summed E-state index contributed by atoms with van der Waals surface area (Å²) in [5, 5.41) is 0. The third-order valence-corrected chi connectivity index (χ3v) is 5.37. The maximum absolute atomic E-state index is 13.0. The first kappa shape index (κ1) is 20.7. The number of hydrogen-bond acceptors (Lipinski definition) is 4. The lowest BCUT2D eigenvalue weighted by Gasteiger charge is -2.27. The van der Waals surface area contributed by atoms with Crippen LogP contribution in [0.2, 0.25) is 0 Å². The van der Waals surface area contributed by atoms with Gasteiger partial charge in [-0.05, 0) is 49.1 Å². The van der Waals surface area contributed by atoms with Crippen LogP contribution in [-0.2, 0) is 22.4 Å². The third kappa shape index (κ3) is 4.53. The predicted octanol–water partition coefficient (Wildman–Crippen LogP) is 3.07. The average Bonchev–Trinajstić information content (AvgIpc) is 3.06. The van der Waals surface area contributed by atoms with Crippen LogP contribution in [0.25, 0.3) is 0 Å². The Hall–Kier alpha value is -3.02. The van der Waals surface area contributed by atoms with Crippen molar-refractivity contribution in [2.75, 3.05) is 32.2 Å². The van der Waals surface area contributed by atoms with Crippen LogP contribution >= 0.6 is 0 Å². The smallest absolute Gasteiger partial charge is 0.246 e. The number of fused-ring (bicyclic) bond motifs is 1. The van der Waals surface area contributed by atoms with E-state index >= 15 is 0 Å². The topological polar surface area (TPSA) is 59.1 Å². The van der Waals surface area contributed by atoms with Gasteiger partial charge in [0, 0.05) is 25.2 Å². The van der Waals surface area contributed by atoms with Crippen LogP contribution in [0.1, 0.15) is 25.0 Å². The van der Waals surface area contributed by atoms with Gasteiger partial charge in [0.05, 0.1) is 14.2 Å². The molecule has 0 radical (unpaired) electrons. The van der Waals surface area contributed by atoms with Crippen molar-refractivity contribution in [3.8, 4) is 11.5 Å². The molecular formula is C23H28N2O4. The number of carbonyl (C=O) groups is 2. The highest BCUT2D eigenvalue weighted by Crippen LogP contribution is 2.32. The highest BCUT2D eigenvalue weighted by atomic mass is 16.5. The fraction of sp³-hybridized carbons (Fsp3) is 0.391. The van der Waals surface area contributed by atoms with Crippen LogP contribution in [0.3, 0.4) is 0 Å². The van der Waals surface area contributed by atoms with Gasteiger partial charge >= 0.3 is 0 Å². The van der Waals surface area contributed by atoms with Crippen molar-refractivity contribution in [2.24, 2.45) is 0 Å². The Balaban J connectivity index is 1.68. The van der Waals surface area contributed by atoms with Gasteiger partial charge in [-0.2, -0.15) is 0 Å². The molecule has 1 heterocycles. The Kier molecular flexibility index (Phi) is 6.42. The monoisotopic (exact) mass is 396 g/mol. The largest absolute Gasteiger partial charge is 0.493 e. The molecule has 1 aliphatic rings. The van der Waals surface area contributed by atoms with Gasteiger partial charge in [-0.1, -0.05) is 24.3 Å². The fourth-order valence-corrected chi connectivity index (χ4v) is 3.83. The lowest BCUT2D eigenvalue weighted by molar-refractivity contribution is -0.133. The molecule has 2 aromatic carbocycles. The van der Waals surface area contributed by atoms with Crippen LogP contribution in [0, 0.1) is 0 Å². The van der Waals surface area contributed by atoms with E-state index in [2.05, 4.69) is 6.07 Å². The van der Waals surface area contributed by atoms with Crippen LogP contribution in [0.4, 0.5) is 5.69 Å². The standard InChI is InChI=1S/C23H28N2O4/c1-16-13-19-7-5-6-8-20(19)25(16)23(27)15-24(17(2)26)12-11-18-9-10-21(28-3)22(14-18)29-4/h5-10,14,16H,11-13,15H2,1-4H3. The van der Waals surface area contributed by atoms with Crippen molar-refractivity contribution < 1.29 is 19.1 Å². The van der Waals surface area contributed by atoms with Gasteiger partial charge in [0.25, 0.3) is 0 Å². The summed E-state index contributed by atoms with van der Waals surface area (Å²) in [4.78, 5) is 28.6. The van der Waals surface area contributed by atoms with Gasteiger partial charge in [-0.25, -0.2) is 0 Å². The number of ether oxygens (including phenoxy) is 2. The van der Waals surface area contributed by atoms with E-state index < -0.39 is 0 Å². The first-order valence-corrected chi connectivity index (χ1v) is 9.81. The van der Waals surface area contributed by atoms with Crippen molar-refractivity contribution in [1.29, 1.82) is 0 Å². The van der Waals surface area contributed by atoms with Crippen molar-refractivity contribution in [3.05, 3.63) is 53.6 Å². The summed E-state index contributed by atoms with van der Waals surface area (Å²) in [6.07, 6.45) is 1.47. The number of amides is 2. The fourth-order valence-electron chi connectivity index (χ4n) is 3.83. The first-order valence-electron chi connectivity index (χ1n) is 9.81. The predicted molar refractivity (Wildman–Crippen MR) is 113 cm³/mol. The first-order chi connectivity index (χ1) is 13.9. The van der Waals surface area contributed by atoms with Gasteiger partial charge < -0.3 is 19.3 Å². The summed E-state index contributed by atoms with van der Waals surface area (Å²) in [5.41, 5.74) is 3.14. The number of anilines is 1. The van der Waals surface area contributed by atoms with E-state index in [0.29, 0.717) is 24.5 Å².